The van der Waals surface area contributed by atoms with Gasteiger partial charge in [-0.1, -0.05) is 43.7 Å². The van der Waals surface area contributed by atoms with Gasteiger partial charge in [-0.25, -0.2) is 0 Å². The van der Waals surface area contributed by atoms with Crippen molar-refractivity contribution in [3.63, 3.8) is 0 Å². The lowest BCUT2D eigenvalue weighted by Gasteiger charge is -2.15. The number of aryl methyl sites for hydroxylation is 1. The van der Waals surface area contributed by atoms with Crippen molar-refractivity contribution in [2.24, 2.45) is 0 Å². The zero-order chi connectivity index (χ0) is 18.4. The lowest BCUT2D eigenvalue weighted by molar-refractivity contribution is -0.388. The first kappa shape index (κ1) is 18.8. The van der Waals surface area contributed by atoms with Crippen LogP contribution in [0.15, 0.2) is 42.5 Å². The number of nitrogens with zero attached hydrogens (tertiary/aromatic N) is 1. The van der Waals surface area contributed by atoms with Crippen LogP contribution in [0.5, 0.6) is 5.75 Å². The Bertz CT molecular complexity index is 730. The van der Waals surface area contributed by atoms with Crippen molar-refractivity contribution < 1.29 is 22.8 Å². The van der Waals surface area contributed by atoms with Gasteiger partial charge in [-0.15, -0.1) is 0 Å². The molecule has 2 aromatic rings. The first-order valence-corrected chi connectivity index (χ1v) is 7.88. The van der Waals surface area contributed by atoms with Crippen LogP contribution >= 0.6 is 0 Å². The first-order chi connectivity index (χ1) is 11.8. The third-order valence-corrected chi connectivity index (χ3v) is 3.72. The minimum atomic E-state index is -4.79. The summed E-state index contributed by atoms with van der Waals surface area (Å²) in [4.78, 5) is 10.0. The Morgan fingerprint density at radius 1 is 1.16 bits per heavy atom. The summed E-state index contributed by atoms with van der Waals surface area (Å²) in [5.41, 5.74) is -1.08. The number of benzene rings is 2. The third-order valence-electron chi connectivity index (χ3n) is 3.72. The number of alkyl halides is 3. The van der Waals surface area contributed by atoms with Crippen molar-refractivity contribution in [1.29, 1.82) is 0 Å². The molecule has 134 valence electrons. The van der Waals surface area contributed by atoms with Crippen molar-refractivity contribution >= 4 is 5.69 Å². The maximum Gasteiger partial charge on any atom is 0.423 e. The van der Waals surface area contributed by atoms with Gasteiger partial charge >= 0.3 is 6.18 Å². The van der Waals surface area contributed by atoms with E-state index in [0.29, 0.717) is 18.4 Å². The van der Waals surface area contributed by atoms with Crippen molar-refractivity contribution in [3.05, 3.63) is 69.3 Å². The topological polar surface area (TPSA) is 52.4 Å². The van der Waals surface area contributed by atoms with Gasteiger partial charge in [0.2, 0.25) is 0 Å². The highest BCUT2D eigenvalue weighted by Crippen LogP contribution is 2.40. The highest BCUT2D eigenvalue weighted by molar-refractivity contribution is 5.52. The van der Waals surface area contributed by atoms with Crippen LogP contribution in [-0.4, -0.2) is 4.92 Å². The molecule has 0 atom stereocenters. The maximum atomic E-state index is 13.1. The average Bonchev–Trinajstić information content (AvgIpc) is 2.57. The molecule has 0 saturated heterocycles. The number of rotatable bonds is 7. The van der Waals surface area contributed by atoms with E-state index in [0.717, 1.165) is 24.1 Å². The van der Waals surface area contributed by atoms with E-state index in [1.165, 1.54) is 0 Å². The van der Waals surface area contributed by atoms with Gasteiger partial charge in [-0.05, 0) is 30.0 Å². The molecule has 2 aromatic carbocycles. The minimum Gasteiger partial charge on any atom is -0.488 e. The molecule has 0 spiro atoms. The van der Waals surface area contributed by atoms with Crippen molar-refractivity contribution in [3.8, 4) is 5.75 Å². The van der Waals surface area contributed by atoms with Gasteiger partial charge < -0.3 is 4.74 Å². The summed E-state index contributed by atoms with van der Waals surface area (Å²) in [7, 11) is 0. The molecule has 25 heavy (non-hydrogen) atoms. The predicted octanol–water partition coefficient (Wildman–Crippen LogP) is 5.54. The van der Waals surface area contributed by atoms with Crippen molar-refractivity contribution in [2.75, 3.05) is 0 Å². The normalized spacial score (nSPS) is 11.4. The fourth-order valence-corrected chi connectivity index (χ4v) is 2.42. The molecule has 0 heterocycles. The molecule has 0 aliphatic heterocycles. The van der Waals surface area contributed by atoms with Crippen LogP contribution in [-0.2, 0) is 19.2 Å². The van der Waals surface area contributed by atoms with E-state index in [1.54, 1.807) is 0 Å². The number of unbranched alkanes of at least 4 members (excludes halogenated alkanes) is 1. The van der Waals surface area contributed by atoms with Crippen molar-refractivity contribution in [1.82, 2.24) is 0 Å². The molecule has 0 amide bonds. The van der Waals surface area contributed by atoms with Gasteiger partial charge in [-0.2, -0.15) is 13.2 Å². The lowest BCUT2D eigenvalue weighted by atomic mass is 10.0. The molecule has 0 aromatic heterocycles. The Balaban J connectivity index is 2.41. The van der Waals surface area contributed by atoms with E-state index >= 15 is 0 Å². The van der Waals surface area contributed by atoms with E-state index < -0.39 is 22.4 Å². The molecule has 0 aliphatic rings. The number of halogens is 3. The van der Waals surface area contributed by atoms with Gasteiger partial charge in [0, 0.05) is 0 Å². The van der Waals surface area contributed by atoms with Crippen LogP contribution in [0.1, 0.15) is 36.5 Å². The molecule has 2 rings (SSSR count). The van der Waals surface area contributed by atoms with E-state index in [1.807, 2.05) is 37.3 Å². The van der Waals surface area contributed by atoms with Crippen molar-refractivity contribution in [2.45, 2.75) is 39.0 Å². The molecule has 0 radical (unpaired) electrons. The molecule has 0 aliphatic carbocycles. The van der Waals surface area contributed by atoms with Crippen LogP contribution in [0.25, 0.3) is 0 Å². The molecule has 0 bridgehead atoms. The van der Waals surface area contributed by atoms with Crippen LogP contribution in [0.4, 0.5) is 18.9 Å². The van der Waals surface area contributed by atoms with Gasteiger partial charge in [-0.3, -0.25) is 10.1 Å². The predicted molar refractivity (Wildman–Crippen MR) is 87.5 cm³/mol. The second-order valence-corrected chi connectivity index (χ2v) is 5.61. The monoisotopic (exact) mass is 353 g/mol. The largest absolute Gasteiger partial charge is 0.488 e. The van der Waals surface area contributed by atoms with E-state index in [-0.39, 0.29) is 12.4 Å². The van der Waals surface area contributed by atoms with Crippen LogP contribution in [0.2, 0.25) is 0 Å². The highest BCUT2D eigenvalue weighted by Gasteiger charge is 2.39. The van der Waals surface area contributed by atoms with Gasteiger partial charge in [0.15, 0.2) is 0 Å². The zero-order valence-corrected chi connectivity index (χ0v) is 13.7. The maximum absolute atomic E-state index is 13.1. The van der Waals surface area contributed by atoms with Crippen LogP contribution < -0.4 is 4.74 Å². The molecule has 0 saturated carbocycles. The molecule has 0 unspecified atom stereocenters. The Kier molecular flexibility index (Phi) is 6.01. The van der Waals surface area contributed by atoms with Crippen LogP contribution in [0, 0.1) is 10.1 Å². The second kappa shape index (κ2) is 8.00. The standard InChI is InChI=1S/C18H18F3NO3/c1-2-3-9-14-10-15(18(19,20)21)16(22(23)24)11-17(14)25-12-13-7-5-4-6-8-13/h4-8,10-11H,2-3,9,12H2,1H3. The molecule has 0 fully saturated rings. The summed E-state index contributed by atoms with van der Waals surface area (Å²) < 4.78 is 45.1. The molecule has 4 nitrogen and oxygen atoms in total. The molecule has 0 N–H and O–H groups in total. The quantitative estimate of drug-likeness (QED) is 0.485. The average molecular weight is 353 g/mol. The Hall–Kier alpha value is -2.57. The summed E-state index contributed by atoms with van der Waals surface area (Å²) in [5, 5.41) is 11.1. The number of nitro groups is 1. The Morgan fingerprint density at radius 2 is 1.84 bits per heavy atom. The summed E-state index contributed by atoms with van der Waals surface area (Å²) in [6.07, 6.45) is -2.98. The van der Waals surface area contributed by atoms with E-state index in [4.69, 9.17) is 4.74 Å². The fourth-order valence-electron chi connectivity index (χ4n) is 2.42. The smallest absolute Gasteiger partial charge is 0.423 e. The third kappa shape index (κ3) is 4.95. The number of hydrogen-bond donors (Lipinski definition) is 0. The molecular weight excluding hydrogens is 335 g/mol. The SMILES string of the molecule is CCCCc1cc(C(F)(F)F)c([N+](=O)[O-])cc1OCc1ccccc1. The summed E-state index contributed by atoms with van der Waals surface area (Å²) in [5.74, 6) is 0.122. The first-order valence-electron chi connectivity index (χ1n) is 7.88. The number of hydrogen-bond acceptors (Lipinski definition) is 3. The van der Waals surface area contributed by atoms with Gasteiger partial charge in [0.05, 0.1) is 11.0 Å². The van der Waals surface area contributed by atoms with Crippen LogP contribution in [0.3, 0.4) is 0 Å². The van der Waals surface area contributed by atoms with E-state index in [2.05, 4.69) is 0 Å². The Morgan fingerprint density at radius 3 is 2.40 bits per heavy atom. The second-order valence-electron chi connectivity index (χ2n) is 5.61. The molecular formula is C18H18F3NO3. The molecule has 7 heteroatoms. The minimum absolute atomic E-state index is 0.122. The van der Waals surface area contributed by atoms with Gasteiger partial charge in [0.25, 0.3) is 5.69 Å². The lowest BCUT2D eigenvalue weighted by Crippen LogP contribution is -2.11. The zero-order valence-electron chi connectivity index (χ0n) is 13.7. The summed E-state index contributed by atoms with van der Waals surface area (Å²) in [6, 6.07) is 10.8. The Labute approximate surface area is 143 Å². The van der Waals surface area contributed by atoms with Gasteiger partial charge in [0.1, 0.15) is 17.9 Å². The fraction of sp³-hybridized carbons (Fsp3) is 0.333. The number of ether oxygens (including phenoxy) is 1. The summed E-state index contributed by atoms with van der Waals surface area (Å²) in [6.45, 7) is 2.04. The number of nitro benzene ring substituents is 1. The summed E-state index contributed by atoms with van der Waals surface area (Å²) >= 11 is 0. The van der Waals surface area contributed by atoms with E-state index in [9.17, 15) is 23.3 Å². The highest BCUT2D eigenvalue weighted by atomic mass is 19.4.